The fraction of sp³-hybridized carbons (Fsp3) is 0.250. The van der Waals surface area contributed by atoms with Gasteiger partial charge in [0.2, 0.25) is 5.91 Å². The lowest BCUT2D eigenvalue weighted by Crippen LogP contribution is -2.35. The summed E-state index contributed by atoms with van der Waals surface area (Å²) in [6.07, 6.45) is 0.975. The topological polar surface area (TPSA) is 63.7 Å². The molecule has 2 aromatic rings. The van der Waals surface area contributed by atoms with E-state index < -0.39 is 18.5 Å². The van der Waals surface area contributed by atoms with Crippen LogP contribution in [0.1, 0.15) is 28.8 Å². The zero-order valence-corrected chi connectivity index (χ0v) is 15.3. The van der Waals surface area contributed by atoms with Crippen LogP contribution in [0, 0.1) is 5.82 Å². The van der Waals surface area contributed by atoms with Crippen LogP contribution in [0.25, 0.3) is 0 Å². The molecule has 7 heteroatoms. The molecule has 0 radical (unpaired) electrons. The first-order valence-corrected chi connectivity index (χ1v) is 9.50. The number of benzene rings is 2. The molecule has 0 bridgehead atoms. The minimum absolute atomic E-state index is 0.239. The second kappa shape index (κ2) is 8.81. The summed E-state index contributed by atoms with van der Waals surface area (Å²) in [6.45, 7) is -0.110. The van der Waals surface area contributed by atoms with Crippen molar-refractivity contribution in [3.8, 4) is 0 Å². The van der Waals surface area contributed by atoms with Crippen LogP contribution in [-0.2, 0) is 20.1 Å². The molecular formula is C20H18FNO4S. The number of halogens is 1. The number of rotatable bonds is 6. The monoisotopic (exact) mass is 387 g/mol. The third-order valence-corrected chi connectivity index (χ3v) is 5.27. The van der Waals surface area contributed by atoms with Gasteiger partial charge in [-0.15, -0.1) is 11.8 Å². The minimum Gasteiger partial charge on any atom is -0.452 e. The van der Waals surface area contributed by atoms with Crippen LogP contribution in [0.2, 0.25) is 0 Å². The van der Waals surface area contributed by atoms with Gasteiger partial charge in [-0.3, -0.25) is 14.5 Å². The van der Waals surface area contributed by atoms with Gasteiger partial charge in [0, 0.05) is 23.6 Å². The number of nitrogens with zero attached hydrogens (tertiary/aromatic N) is 1. The summed E-state index contributed by atoms with van der Waals surface area (Å²) in [4.78, 5) is 37.7. The fourth-order valence-corrected chi connectivity index (χ4v) is 3.75. The van der Waals surface area contributed by atoms with E-state index in [0.717, 1.165) is 4.90 Å². The van der Waals surface area contributed by atoms with Gasteiger partial charge < -0.3 is 4.74 Å². The van der Waals surface area contributed by atoms with Crippen molar-refractivity contribution >= 4 is 29.5 Å². The first-order chi connectivity index (χ1) is 13.1. The van der Waals surface area contributed by atoms with Gasteiger partial charge in [-0.2, -0.15) is 0 Å². The molecule has 3 rings (SSSR count). The van der Waals surface area contributed by atoms with E-state index in [1.807, 2.05) is 0 Å². The Labute approximate surface area is 160 Å². The summed E-state index contributed by atoms with van der Waals surface area (Å²) >= 11 is 1.31. The molecule has 27 heavy (non-hydrogen) atoms. The molecule has 1 heterocycles. The van der Waals surface area contributed by atoms with Gasteiger partial charge >= 0.3 is 5.97 Å². The van der Waals surface area contributed by atoms with Crippen molar-refractivity contribution in [3.63, 3.8) is 0 Å². The summed E-state index contributed by atoms with van der Waals surface area (Å²) in [5.41, 5.74) is 0.841. The molecule has 0 aliphatic carbocycles. The van der Waals surface area contributed by atoms with Crippen LogP contribution in [0.3, 0.4) is 0 Å². The molecule has 0 atom stereocenters. The Hall–Kier alpha value is -2.67. The summed E-state index contributed by atoms with van der Waals surface area (Å²) in [6, 6.07) is 13.3. The van der Waals surface area contributed by atoms with Crippen molar-refractivity contribution in [2.45, 2.75) is 23.5 Å². The Kier molecular flexibility index (Phi) is 6.24. The lowest BCUT2D eigenvalue weighted by atomic mass is 10.2. The molecule has 1 aliphatic heterocycles. The van der Waals surface area contributed by atoms with E-state index in [9.17, 15) is 18.8 Å². The van der Waals surface area contributed by atoms with E-state index in [1.165, 1.54) is 17.8 Å². The maximum Gasteiger partial charge on any atom is 0.339 e. The maximum atomic E-state index is 13.8. The molecule has 2 amide bonds. The summed E-state index contributed by atoms with van der Waals surface area (Å²) in [7, 11) is 0. The van der Waals surface area contributed by atoms with Crippen LogP contribution in [0.5, 0.6) is 0 Å². The second-order valence-corrected chi connectivity index (χ2v) is 7.01. The fourth-order valence-electron chi connectivity index (χ4n) is 2.73. The molecule has 0 aromatic heterocycles. The van der Waals surface area contributed by atoms with E-state index in [2.05, 4.69) is 0 Å². The quantitative estimate of drug-likeness (QED) is 0.561. The predicted molar refractivity (Wildman–Crippen MR) is 98.6 cm³/mol. The third-order valence-electron chi connectivity index (χ3n) is 4.15. The Morgan fingerprint density at radius 3 is 2.59 bits per heavy atom. The molecule has 1 fully saturated rings. The SMILES string of the molecule is O=C(OCC(=O)N1CCCC1=O)c1ccccc1SCc1ccccc1F. The zero-order valence-electron chi connectivity index (χ0n) is 14.5. The standard InChI is InChI=1S/C20H18FNO4S/c21-16-8-3-1-6-14(16)13-27-17-9-4-2-7-15(17)20(25)26-12-19(24)22-11-5-10-18(22)23/h1-4,6-9H,5,10-13H2. The lowest BCUT2D eigenvalue weighted by Gasteiger charge is -2.14. The summed E-state index contributed by atoms with van der Waals surface area (Å²) < 4.78 is 18.9. The third kappa shape index (κ3) is 4.74. The molecule has 2 aromatic carbocycles. The number of likely N-dealkylation sites (tertiary alicyclic amines) is 1. The number of carbonyl (C=O) groups is 3. The lowest BCUT2D eigenvalue weighted by molar-refractivity contribution is -0.143. The highest BCUT2D eigenvalue weighted by atomic mass is 32.2. The van der Waals surface area contributed by atoms with Crippen molar-refractivity contribution in [2.75, 3.05) is 13.2 Å². The average Bonchev–Trinajstić information content (AvgIpc) is 3.11. The number of hydrogen-bond donors (Lipinski definition) is 0. The first kappa shape index (κ1) is 19.1. The maximum absolute atomic E-state index is 13.8. The number of carbonyl (C=O) groups excluding carboxylic acids is 3. The van der Waals surface area contributed by atoms with E-state index in [-0.39, 0.29) is 11.7 Å². The molecule has 1 aliphatic rings. The number of thioether (sulfide) groups is 1. The number of imide groups is 1. The van der Waals surface area contributed by atoms with Gasteiger partial charge in [0.25, 0.3) is 5.91 Å². The molecule has 0 unspecified atom stereocenters. The Morgan fingerprint density at radius 2 is 1.85 bits per heavy atom. The van der Waals surface area contributed by atoms with Crippen molar-refractivity contribution < 1.29 is 23.5 Å². The second-order valence-electron chi connectivity index (χ2n) is 6.00. The van der Waals surface area contributed by atoms with Gasteiger partial charge in [-0.25, -0.2) is 9.18 Å². The van der Waals surface area contributed by atoms with Crippen LogP contribution >= 0.6 is 11.8 Å². The minimum atomic E-state index is -0.647. The van der Waals surface area contributed by atoms with Crippen LogP contribution in [-0.4, -0.2) is 35.8 Å². The number of hydrogen-bond acceptors (Lipinski definition) is 5. The van der Waals surface area contributed by atoms with E-state index >= 15 is 0 Å². The van der Waals surface area contributed by atoms with Crippen LogP contribution < -0.4 is 0 Å². The number of esters is 1. The highest BCUT2D eigenvalue weighted by Gasteiger charge is 2.27. The van der Waals surface area contributed by atoms with Gasteiger partial charge in [0.05, 0.1) is 5.56 Å². The highest BCUT2D eigenvalue weighted by Crippen LogP contribution is 2.27. The van der Waals surface area contributed by atoms with Crippen LogP contribution in [0.15, 0.2) is 53.4 Å². The predicted octanol–water partition coefficient (Wildman–Crippen LogP) is 3.42. The van der Waals surface area contributed by atoms with Crippen molar-refractivity contribution in [3.05, 3.63) is 65.5 Å². The normalized spacial score (nSPS) is 13.7. The van der Waals surface area contributed by atoms with Crippen LogP contribution in [0.4, 0.5) is 4.39 Å². The number of ether oxygens (including phenoxy) is 1. The van der Waals surface area contributed by atoms with Gasteiger partial charge in [-0.05, 0) is 30.2 Å². The number of amides is 2. The smallest absolute Gasteiger partial charge is 0.339 e. The molecule has 0 saturated carbocycles. The van der Waals surface area contributed by atoms with Gasteiger partial charge in [-0.1, -0.05) is 30.3 Å². The van der Waals surface area contributed by atoms with E-state index in [4.69, 9.17) is 4.74 Å². The largest absolute Gasteiger partial charge is 0.452 e. The van der Waals surface area contributed by atoms with Gasteiger partial charge in [0.15, 0.2) is 6.61 Å². The zero-order chi connectivity index (χ0) is 19.2. The molecule has 0 spiro atoms. The molecule has 0 N–H and O–H groups in total. The van der Waals surface area contributed by atoms with E-state index in [0.29, 0.717) is 41.2 Å². The molecular weight excluding hydrogens is 369 g/mol. The Balaban J connectivity index is 1.62. The average molecular weight is 387 g/mol. The van der Waals surface area contributed by atoms with Crippen molar-refractivity contribution in [1.82, 2.24) is 4.90 Å². The molecule has 140 valence electrons. The van der Waals surface area contributed by atoms with Crippen molar-refractivity contribution in [2.24, 2.45) is 0 Å². The molecule has 5 nitrogen and oxygen atoms in total. The summed E-state index contributed by atoms with van der Waals surface area (Å²) in [5.74, 6) is -1.34. The van der Waals surface area contributed by atoms with Gasteiger partial charge in [0.1, 0.15) is 5.82 Å². The van der Waals surface area contributed by atoms with E-state index in [1.54, 1.807) is 42.5 Å². The summed E-state index contributed by atoms with van der Waals surface area (Å²) in [5, 5.41) is 0. The molecule has 1 saturated heterocycles. The highest BCUT2D eigenvalue weighted by molar-refractivity contribution is 7.98. The Morgan fingerprint density at radius 1 is 1.11 bits per heavy atom. The Bertz CT molecular complexity index is 871. The van der Waals surface area contributed by atoms with Crippen molar-refractivity contribution in [1.29, 1.82) is 0 Å². The first-order valence-electron chi connectivity index (χ1n) is 8.52.